The first-order chi connectivity index (χ1) is 8.88. The molecule has 2 rings (SSSR count). The van der Waals surface area contributed by atoms with Crippen LogP contribution in [0.3, 0.4) is 0 Å². The van der Waals surface area contributed by atoms with Gasteiger partial charge in [0, 0.05) is 6.20 Å². The average molecular weight is 287 g/mol. The summed E-state index contributed by atoms with van der Waals surface area (Å²) >= 11 is 0.698. The van der Waals surface area contributed by atoms with Gasteiger partial charge in [-0.15, -0.1) is 11.3 Å². The predicted octanol–water partition coefficient (Wildman–Crippen LogP) is 3.12. The van der Waals surface area contributed by atoms with E-state index in [1.807, 2.05) is 0 Å². The van der Waals surface area contributed by atoms with Crippen LogP contribution in [0.4, 0.5) is 19.0 Å². The monoisotopic (exact) mass is 287 g/mol. The highest BCUT2D eigenvalue weighted by Gasteiger charge is 2.39. The van der Waals surface area contributed by atoms with Crippen LogP contribution < -0.4 is 5.32 Å². The number of halogens is 3. The molecule has 0 saturated heterocycles. The maximum Gasteiger partial charge on any atom is 0.435 e. The fourth-order valence-corrected chi connectivity index (χ4v) is 2.22. The molecule has 0 unspecified atom stereocenters. The Balaban J connectivity index is 2.30. The van der Waals surface area contributed by atoms with Crippen molar-refractivity contribution in [3.63, 3.8) is 0 Å². The molecule has 100 valence electrons. The van der Waals surface area contributed by atoms with E-state index in [-0.39, 0.29) is 10.8 Å². The number of hydrogen-bond acceptors (Lipinski definition) is 4. The first kappa shape index (κ1) is 13.5. The summed E-state index contributed by atoms with van der Waals surface area (Å²) < 4.78 is 38.1. The number of amides is 1. The highest BCUT2D eigenvalue weighted by molar-refractivity contribution is 7.13. The van der Waals surface area contributed by atoms with Gasteiger partial charge in [0.2, 0.25) is 0 Å². The number of nitrogens with one attached hydrogen (secondary N) is 1. The summed E-state index contributed by atoms with van der Waals surface area (Å²) in [7, 11) is 0. The van der Waals surface area contributed by atoms with Crippen molar-refractivity contribution in [2.75, 3.05) is 5.32 Å². The van der Waals surface area contributed by atoms with Gasteiger partial charge in [-0.1, -0.05) is 6.07 Å². The number of alkyl halides is 3. The minimum absolute atomic E-state index is 0.179. The molecule has 0 saturated carbocycles. The molecule has 0 fully saturated rings. The predicted molar refractivity (Wildman–Crippen MR) is 64.0 cm³/mol. The maximum absolute atomic E-state index is 12.7. The Labute approximate surface area is 110 Å². The summed E-state index contributed by atoms with van der Waals surface area (Å²) in [5, 5.41) is 2.48. The molecule has 2 aromatic heterocycles. The van der Waals surface area contributed by atoms with Gasteiger partial charge in [-0.2, -0.15) is 13.2 Å². The Morgan fingerprint density at radius 3 is 2.68 bits per heavy atom. The van der Waals surface area contributed by atoms with Crippen molar-refractivity contribution in [1.82, 2.24) is 9.97 Å². The number of anilines is 1. The van der Waals surface area contributed by atoms with Crippen LogP contribution in [-0.2, 0) is 6.18 Å². The number of pyridine rings is 1. The zero-order chi connectivity index (χ0) is 14.0. The number of aryl methyl sites for hydroxylation is 1. The van der Waals surface area contributed by atoms with E-state index in [0.29, 0.717) is 11.3 Å². The van der Waals surface area contributed by atoms with Crippen LogP contribution in [0.2, 0.25) is 0 Å². The fourth-order valence-electron chi connectivity index (χ4n) is 1.38. The number of nitrogens with zero attached hydrogens (tertiary/aromatic N) is 2. The summed E-state index contributed by atoms with van der Waals surface area (Å²) in [5.74, 6) is -0.677. The van der Waals surface area contributed by atoms with E-state index in [9.17, 15) is 18.0 Å². The molecule has 19 heavy (non-hydrogen) atoms. The third-order valence-corrected chi connectivity index (χ3v) is 3.08. The number of hydrogen-bond donors (Lipinski definition) is 1. The minimum Gasteiger partial charge on any atom is -0.306 e. The Kier molecular flexibility index (Phi) is 3.52. The number of aromatic nitrogens is 2. The molecule has 0 aliphatic carbocycles. The molecule has 1 amide bonds. The average Bonchev–Trinajstić information content (AvgIpc) is 2.72. The zero-order valence-electron chi connectivity index (χ0n) is 9.65. The van der Waals surface area contributed by atoms with Gasteiger partial charge in [0.05, 0.1) is 5.01 Å². The van der Waals surface area contributed by atoms with Crippen LogP contribution in [0.25, 0.3) is 0 Å². The smallest absolute Gasteiger partial charge is 0.306 e. The summed E-state index contributed by atoms with van der Waals surface area (Å²) in [6, 6.07) is 4.73. The molecule has 2 aromatic rings. The van der Waals surface area contributed by atoms with Crippen LogP contribution in [0.1, 0.15) is 20.4 Å². The van der Waals surface area contributed by atoms with Gasteiger partial charge in [0.25, 0.3) is 5.91 Å². The first-order valence-electron chi connectivity index (χ1n) is 5.15. The molecule has 4 nitrogen and oxygen atoms in total. The molecule has 0 radical (unpaired) electrons. The van der Waals surface area contributed by atoms with Crippen molar-refractivity contribution >= 4 is 23.1 Å². The molecular weight excluding hydrogens is 279 g/mol. The van der Waals surface area contributed by atoms with E-state index >= 15 is 0 Å². The number of carbonyl (C=O) groups is 1. The SMILES string of the molecule is Cc1nc(C(F)(F)F)c(C(=O)Nc2ccccn2)s1. The number of rotatable bonds is 2. The molecule has 8 heteroatoms. The number of thiazole rings is 1. The molecule has 2 heterocycles. The summed E-state index contributed by atoms with van der Waals surface area (Å²) in [6.45, 7) is 1.41. The van der Waals surface area contributed by atoms with E-state index in [0.717, 1.165) is 0 Å². The van der Waals surface area contributed by atoms with Crippen LogP contribution in [0, 0.1) is 6.92 Å². The fraction of sp³-hybridized carbons (Fsp3) is 0.182. The van der Waals surface area contributed by atoms with Gasteiger partial charge >= 0.3 is 6.18 Å². The van der Waals surface area contributed by atoms with E-state index < -0.39 is 22.7 Å². The molecule has 0 aliphatic rings. The minimum atomic E-state index is -4.65. The Morgan fingerprint density at radius 1 is 1.37 bits per heavy atom. The lowest BCUT2D eigenvalue weighted by atomic mass is 10.3. The van der Waals surface area contributed by atoms with E-state index in [4.69, 9.17) is 0 Å². The summed E-state index contributed by atoms with van der Waals surface area (Å²) in [5.41, 5.74) is -1.16. The largest absolute Gasteiger partial charge is 0.435 e. The Hall–Kier alpha value is -1.96. The standard InChI is InChI=1S/C11H8F3N3OS/c1-6-16-9(11(12,13)14)8(19-6)10(18)17-7-4-2-3-5-15-7/h2-5H,1H3,(H,15,17,18). The molecule has 0 aromatic carbocycles. The zero-order valence-corrected chi connectivity index (χ0v) is 10.5. The lowest BCUT2D eigenvalue weighted by Crippen LogP contribution is -2.17. The van der Waals surface area contributed by atoms with Gasteiger partial charge < -0.3 is 5.32 Å². The molecule has 0 aliphatic heterocycles. The first-order valence-corrected chi connectivity index (χ1v) is 5.96. The van der Waals surface area contributed by atoms with Gasteiger partial charge in [-0.3, -0.25) is 4.79 Å². The summed E-state index contributed by atoms with van der Waals surface area (Å²) in [6.07, 6.45) is -3.22. The highest BCUT2D eigenvalue weighted by atomic mass is 32.1. The van der Waals surface area contributed by atoms with Crippen molar-refractivity contribution in [2.45, 2.75) is 13.1 Å². The van der Waals surface area contributed by atoms with Crippen molar-refractivity contribution in [2.24, 2.45) is 0 Å². The highest BCUT2D eigenvalue weighted by Crippen LogP contribution is 2.34. The molecule has 0 bridgehead atoms. The second-order valence-electron chi connectivity index (χ2n) is 3.58. The van der Waals surface area contributed by atoms with E-state index in [2.05, 4.69) is 15.3 Å². The van der Waals surface area contributed by atoms with E-state index in [1.54, 1.807) is 12.1 Å². The van der Waals surface area contributed by atoms with Crippen LogP contribution >= 0.6 is 11.3 Å². The van der Waals surface area contributed by atoms with Crippen LogP contribution in [0.15, 0.2) is 24.4 Å². The normalized spacial score (nSPS) is 11.4. The van der Waals surface area contributed by atoms with Crippen molar-refractivity contribution in [1.29, 1.82) is 0 Å². The Bertz CT molecular complexity index is 595. The van der Waals surface area contributed by atoms with Gasteiger partial charge in [0.15, 0.2) is 5.69 Å². The molecule has 0 atom stereocenters. The quantitative estimate of drug-likeness (QED) is 0.923. The van der Waals surface area contributed by atoms with Crippen LogP contribution in [0.5, 0.6) is 0 Å². The molecular formula is C11H8F3N3OS. The molecule has 1 N–H and O–H groups in total. The number of carbonyl (C=O) groups excluding carboxylic acids is 1. The molecule has 0 spiro atoms. The second kappa shape index (κ2) is 4.96. The maximum atomic E-state index is 12.7. The topological polar surface area (TPSA) is 54.9 Å². The lowest BCUT2D eigenvalue weighted by molar-refractivity contribution is -0.141. The van der Waals surface area contributed by atoms with Crippen molar-refractivity contribution < 1.29 is 18.0 Å². The van der Waals surface area contributed by atoms with Crippen molar-refractivity contribution in [3.8, 4) is 0 Å². The summed E-state index contributed by atoms with van der Waals surface area (Å²) in [4.78, 5) is 18.5. The second-order valence-corrected chi connectivity index (χ2v) is 4.78. The third-order valence-electron chi connectivity index (χ3n) is 2.12. The van der Waals surface area contributed by atoms with Gasteiger partial charge in [0.1, 0.15) is 10.7 Å². The third kappa shape index (κ3) is 3.08. The van der Waals surface area contributed by atoms with Crippen molar-refractivity contribution in [3.05, 3.63) is 40.0 Å². The van der Waals surface area contributed by atoms with E-state index in [1.165, 1.54) is 19.2 Å². The van der Waals surface area contributed by atoms with Gasteiger partial charge in [-0.05, 0) is 19.1 Å². The van der Waals surface area contributed by atoms with Crippen LogP contribution in [-0.4, -0.2) is 15.9 Å². The lowest BCUT2D eigenvalue weighted by Gasteiger charge is -2.06. The Morgan fingerprint density at radius 2 is 2.11 bits per heavy atom. The van der Waals surface area contributed by atoms with Gasteiger partial charge in [-0.25, -0.2) is 9.97 Å².